The summed E-state index contributed by atoms with van der Waals surface area (Å²) < 4.78 is 7.68. The SMILES string of the molecule is Nc1nn(C2CCCCC2)c2c1CCOC2. The molecule has 1 aromatic heterocycles. The first-order valence-electron chi connectivity index (χ1n) is 6.30. The molecule has 1 aromatic rings. The number of nitrogen functional groups attached to an aromatic ring is 1. The van der Waals surface area contributed by atoms with Crippen molar-refractivity contribution in [1.29, 1.82) is 0 Å². The molecule has 0 saturated heterocycles. The molecule has 4 nitrogen and oxygen atoms in total. The maximum Gasteiger partial charge on any atom is 0.149 e. The van der Waals surface area contributed by atoms with Crippen molar-refractivity contribution in [2.45, 2.75) is 51.2 Å². The van der Waals surface area contributed by atoms with Crippen molar-refractivity contribution in [3.63, 3.8) is 0 Å². The molecule has 0 atom stereocenters. The van der Waals surface area contributed by atoms with Gasteiger partial charge in [0.2, 0.25) is 0 Å². The number of nitrogens with two attached hydrogens (primary N) is 1. The van der Waals surface area contributed by atoms with Gasteiger partial charge in [0.05, 0.1) is 24.9 Å². The topological polar surface area (TPSA) is 53.1 Å². The highest BCUT2D eigenvalue weighted by molar-refractivity contribution is 5.43. The van der Waals surface area contributed by atoms with Crippen LogP contribution in [-0.4, -0.2) is 16.4 Å². The van der Waals surface area contributed by atoms with E-state index in [1.165, 1.54) is 43.4 Å². The van der Waals surface area contributed by atoms with E-state index in [2.05, 4.69) is 9.78 Å². The summed E-state index contributed by atoms with van der Waals surface area (Å²) in [5, 5.41) is 4.53. The van der Waals surface area contributed by atoms with Crippen molar-refractivity contribution in [3.05, 3.63) is 11.3 Å². The zero-order valence-corrected chi connectivity index (χ0v) is 9.61. The zero-order chi connectivity index (χ0) is 11.0. The molecule has 1 aliphatic heterocycles. The summed E-state index contributed by atoms with van der Waals surface area (Å²) in [7, 11) is 0. The standard InChI is InChI=1S/C12H19N3O/c13-12-10-6-7-16-8-11(10)15(14-12)9-4-2-1-3-5-9/h9H,1-8H2,(H2,13,14). The van der Waals surface area contributed by atoms with Gasteiger partial charge in [0.15, 0.2) is 0 Å². The molecule has 2 N–H and O–H groups in total. The fraction of sp³-hybridized carbons (Fsp3) is 0.750. The second-order valence-electron chi connectivity index (χ2n) is 4.85. The number of anilines is 1. The van der Waals surface area contributed by atoms with Crippen molar-refractivity contribution in [1.82, 2.24) is 9.78 Å². The molecule has 1 aliphatic carbocycles. The summed E-state index contributed by atoms with van der Waals surface area (Å²) in [5.41, 5.74) is 8.45. The predicted octanol–water partition coefficient (Wildman–Crippen LogP) is 2.04. The fourth-order valence-corrected chi connectivity index (χ4v) is 2.92. The van der Waals surface area contributed by atoms with Crippen molar-refractivity contribution >= 4 is 5.82 Å². The van der Waals surface area contributed by atoms with Gasteiger partial charge in [0.1, 0.15) is 5.82 Å². The quantitative estimate of drug-likeness (QED) is 0.789. The van der Waals surface area contributed by atoms with Gasteiger partial charge in [-0.05, 0) is 12.8 Å². The van der Waals surface area contributed by atoms with Crippen molar-refractivity contribution in [3.8, 4) is 0 Å². The van der Waals surface area contributed by atoms with Gasteiger partial charge in [0.25, 0.3) is 0 Å². The monoisotopic (exact) mass is 221 g/mol. The van der Waals surface area contributed by atoms with Crippen LogP contribution in [0.15, 0.2) is 0 Å². The van der Waals surface area contributed by atoms with Gasteiger partial charge in [-0.1, -0.05) is 19.3 Å². The van der Waals surface area contributed by atoms with Gasteiger partial charge >= 0.3 is 0 Å². The molecule has 0 aromatic carbocycles. The number of aromatic nitrogens is 2. The Kier molecular flexibility index (Phi) is 2.59. The third kappa shape index (κ3) is 1.61. The molecule has 1 fully saturated rings. The Balaban J connectivity index is 1.93. The summed E-state index contributed by atoms with van der Waals surface area (Å²) in [5.74, 6) is 0.726. The van der Waals surface area contributed by atoms with Gasteiger partial charge in [-0.15, -0.1) is 0 Å². The lowest BCUT2D eigenvalue weighted by Crippen LogP contribution is -2.19. The molecule has 88 valence electrons. The minimum absolute atomic E-state index is 0.557. The summed E-state index contributed by atoms with van der Waals surface area (Å²) in [6.07, 6.45) is 7.42. The van der Waals surface area contributed by atoms with Crippen molar-refractivity contribution in [2.24, 2.45) is 0 Å². The van der Waals surface area contributed by atoms with Gasteiger partial charge < -0.3 is 10.5 Å². The molecule has 0 bridgehead atoms. The van der Waals surface area contributed by atoms with Gasteiger partial charge in [-0.25, -0.2) is 0 Å². The Labute approximate surface area is 95.8 Å². The van der Waals surface area contributed by atoms with Gasteiger partial charge in [-0.2, -0.15) is 5.10 Å². The Bertz CT molecular complexity index is 380. The maximum atomic E-state index is 5.98. The Hall–Kier alpha value is -1.03. The second kappa shape index (κ2) is 4.09. The highest BCUT2D eigenvalue weighted by atomic mass is 16.5. The molecular formula is C12H19N3O. The van der Waals surface area contributed by atoms with Crippen LogP contribution in [0, 0.1) is 0 Å². The third-order valence-electron chi connectivity index (χ3n) is 3.81. The summed E-state index contributed by atoms with van der Waals surface area (Å²) in [6.45, 7) is 1.48. The first-order valence-corrected chi connectivity index (χ1v) is 6.30. The smallest absolute Gasteiger partial charge is 0.149 e. The minimum Gasteiger partial charge on any atom is -0.382 e. The Morgan fingerprint density at radius 3 is 2.88 bits per heavy atom. The van der Waals surface area contributed by atoms with Crippen LogP contribution in [-0.2, 0) is 17.8 Å². The highest BCUT2D eigenvalue weighted by Gasteiger charge is 2.25. The van der Waals surface area contributed by atoms with Crippen molar-refractivity contribution in [2.75, 3.05) is 12.3 Å². The zero-order valence-electron chi connectivity index (χ0n) is 9.61. The van der Waals surface area contributed by atoms with E-state index in [1.54, 1.807) is 0 Å². The predicted molar refractivity (Wildman–Crippen MR) is 62.1 cm³/mol. The van der Waals surface area contributed by atoms with Crippen LogP contribution >= 0.6 is 0 Å². The summed E-state index contributed by atoms with van der Waals surface area (Å²) in [4.78, 5) is 0. The Morgan fingerprint density at radius 1 is 1.25 bits per heavy atom. The van der Waals surface area contributed by atoms with E-state index in [0.29, 0.717) is 12.6 Å². The van der Waals surface area contributed by atoms with Gasteiger partial charge in [0, 0.05) is 12.0 Å². The van der Waals surface area contributed by atoms with Gasteiger partial charge in [-0.3, -0.25) is 4.68 Å². The molecule has 0 radical (unpaired) electrons. The molecule has 2 heterocycles. The number of hydrogen-bond acceptors (Lipinski definition) is 3. The average molecular weight is 221 g/mol. The number of nitrogens with zero attached hydrogens (tertiary/aromatic N) is 2. The molecule has 0 amide bonds. The second-order valence-corrected chi connectivity index (χ2v) is 4.85. The first-order chi connectivity index (χ1) is 7.86. The molecule has 1 saturated carbocycles. The van der Waals surface area contributed by atoms with E-state index < -0.39 is 0 Å². The van der Waals surface area contributed by atoms with E-state index in [1.807, 2.05) is 0 Å². The van der Waals surface area contributed by atoms with E-state index in [9.17, 15) is 0 Å². The van der Waals surface area contributed by atoms with Crippen LogP contribution in [0.3, 0.4) is 0 Å². The number of hydrogen-bond donors (Lipinski definition) is 1. The lowest BCUT2D eigenvalue weighted by Gasteiger charge is -2.25. The van der Waals surface area contributed by atoms with E-state index in [-0.39, 0.29) is 0 Å². The van der Waals surface area contributed by atoms with Crippen LogP contribution in [0.25, 0.3) is 0 Å². The molecule has 2 aliphatic rings. The molecular weight excluding hydrogens is 202 g/mol. The number of ether oxygens (including phenoxy) is 1. The average Bonchev–Trinajstić information content (AvgIpc) is 2.69. The summed E-state index contributed by atoms with van der Waals surface area (Å²) in [6, 6.07) is 0.557. The van der Waals surface area contributed by atoms with Crippen molar-refractivity contribution < 1.29 is 4.74 Å². The maximum absolute atomic E-state index is 5.98. The van der Waals surface area contributed by atoms with E-state index in [0.717, 1.165) is 18.8 Å². The van der Waals surface area contributed by atoms with Crippen LogP contribution in [0.1, 0.15) is 49.4 Å². The minimum atomic E-state index is 0.557. The van der Waals surface area contributed by atoms with E-state index in [4.69, 9.17) is 10.5 Å². The van der Waals surface area contributed by atoms with Crippen LogP contribution in [0.4, 0.5) is 5.82 Å². The number of rotatable bonds is 1. The van der Waals surface area contributed by atoms with Crippen LogP contribution in [0.5, 0.6) is 0 Å². The molecule has 0 spiro atoms. The number of fused-ring (bicyclic) bond motifs is 1. The van der Waals surface area contributed by atoms with E-state index >= 15 is 0 Å². The molecule has 16 heavy (non-hydrogen) atoms. The highest BCUT2D eigenvalue weighted by Crippen LogP contribution is 2.32. The normalized spacial score (nSPS) is 22.0. The van der Waals surface area contributed by atoms with Crippen LogP contribution < -0.4 is 5.73 Å². The first kappa shape index (κ1) is 10.1. The lowest BCUT2D eigenvalue weighted by atomic mass is 9.95. The summed E-state index contributed by atoms with van der Waals surface area (Å²) >= 11 is 0. The van der Waals surface area contributed by atoms with Crippen LogP contribution in [0.2, 0.25) is 0 Å². The third-order valence-corrected chi connectivity index (χ3v) is 3.81. The Morgan fingerprint density at radius 2 is 2.06 bits per heavy atom. The molecule has 4 heteroatoms. The lowest BCUT2D eigenvalue weighted by molar-refractivity contribution is 0.101. The molecule has 3 rings (SSSR count). The fourth-order valence-electron chi connectivity index (χ4n) is 2.92. The largest absolute Gasteiger partial charge is 0.382 e. The molecule has 0 unspecified atom stereocenters.